The van der Waals surface area contributed by atoms with Gasteiger partial charge < -0.3 is 9.15 Å². The minimum Gasteiger partial charge on any atom is -0.497 e. The van der Waals surface area contributed by atoms with Crippen LogP contribution >= 0.6 is 0 Å². The molecule has 25 heavy (non-hydrogen) atoms. The third-order valence-electron chi connectivity index (χ3n) is 6.01. The van der Waals surface area contributed by atoms with Gasteiger partial charge in [0.15, 0.2) is 0 Å². The standard InChI is InChI=1S/C23H28O2/c1-22(2)12-6-8-16-18(22)9-7-13-23(3,4)21-20(16)17-14-15(24-5)10-11-19(17)25-21/h7,9-11,14H,6,8,12-13H2,1-5H3/b9-7-. The summed E-state index contributed by atoms with van der Waals surface area (Å²) in [6.45, 7) is 9.33. The van der Waals surface area contributed by atoms with Gasteiger partial charge in [-0.3, -0.25) is 0 Å². The van der Waals surface area contributed by atoms with Crippen LogP contribution in [0.4, 0.5) is 0 Å². The fourth-order valence-electron chi connectivity index (χ4n) is 4.51. The Balaban J connectivity index is 2.10. The molecule has 1 aromatic heterocycles. The number of furan rings is 1. The highest BCUT2D eigenvalue weighted by Crippen LogP contribution is 2.51. The van der Waals surface area contributed by atoms with Crippen molar-refractivity contribution in [2.75, 3.05) is 7.11 Å². The Labute approximate surface area is 150 Å². The van der Waals surface area contributed by atoms with Gasteiger partial charge in [-0.05, 0) is 60.4 Å². The van der Waals surface area contributed by atoms with Crippen molar-refractivity contribution >= 4 is 16.5 Å². The zero-order valence-electron chi connectivity index (χ0n) is 16.0. The molecular formula is C23H28O2. The minimum absolute atomic E-state index is 0.0157. The molecule has 0 radical (unpaired) electrons. The van der Waals surface area contributed by atoms with Crippen LogP contribution in [0.1, 0.15) is 64.7 Å². The second kappa shape index (κ2) is 5.52. The molecule has 1 heterocycles. The Morgan fingerprint density at radius 2 is 1.88 bits per heavy atom. The van der Waals surface area contributed by atoms with Gasteiger partial charge in [0.05, 0.1) is 7.11 Å². The van der Waals surface area contributed by atoms with Gasteiger partial charge in [0.1, 0.15) is 17.1 Å². The van der Waals surface area contributed by atoms with E-state index in [0.717, 1.165) is 29.9 Å². The molecule has 4 rings (SSSR count). The van der Waals surface area contributed by atoms with Gasteiger partial charge in [-0.15, -0.1) is 0 Å². The lowest BCUT2D eigenvalue weighted by Crippen LogP contribution is -2.23. The van der Waals surface area contributed by atoms with Crippen molar-refractivity contribution in [3.05, 3.63) is 47.2 Å². The molecule has 2 heteroatoms. The van der Waals surface area contributed by atoms with Crippen molar-refractivity contribution in [2.45, 2.75) is 58.8 Å². The highest BCUT2D eigenvalue weighted by Gasteiger charge is 2.36. The van der Waals surface area contributed by atoms with E-state index < -0.39 is 0 Å². The Morgan fingerprint density at radius 1 is 1.08 bits per heavy atom. The molecule has 2 aliphatic rings. The third-order valence-corrected chi connectivity index (χ3v) is 6.01. The van der Waals surface area contributed by atoms with E-state index in [0.29, 0.717) is 0 Å². The van der Waals surface area contributed by atoms with Crippen molar-refractivity contribution in [2.24, 2.45) is 5.41 Å². The SMILES string of the molecule is COc1ccc2oc3c(c2c1)C1=C(/C=C\CC3(C)C)C(C)(C)CCC1. The Hall–Kier alpha value is -1.96. The molecule has 0 saturated heterocycles. The van der Waals surface area contributed by atoms with Crippen LogP contribution in [0.5, 0.6) is 5.75 Å². The molecule has 1 aromatic carbocycles. The Bertz CT molecular complexity index is 890. The summed E-state index contributed by atoms with van der Waals surface area (Å²) >= 11 is 0. The molecule has 0 fully saturated rings. The maximum Gasteiger partial charge on any atom is 0.135 e. The second-order valence-electron chi connectivity index (χ2n) is 8.79. The number of benzene rings is 1. The first kappa shape index (κ1) is 16.5. The fraction of sp³-hybridized carbons (Fsp3) is 0.478. The molecule has 0 unspecified atom stereocenters. The van der Waals surface area contributed by atoms with Crippen LogP contribution in [-0.2, 0) is 5.41 Å². The van der Waals surface area contributed by atoms with Crippen LogP contribution in [0.25, 0.3) is 16.5 Å². The molecule has 0 bridgehead atoms. The molecule has 0 amide bonds. The number of fused-ring (bicyclic) bond motifs is 4. The first-order chi connectivity index (χ1) is 11.8. The normalized spacial score (nSPS) is 22.8. The first-order valence-corrected chi connectivity index (χ1v) is 9.35. The Kier molecular flexibility index (Phi) is 3.64. The molecule has 0 atom stereocenters. The lowest BCUT2D eigenvalue weighted by Gasteiger charge is -2.36. The summed E-state index contributed by atoms with van der Waals surface area (Å²) < 4.78 is 11.9. The van der Waals surface area contributed by atoms with Crippen LogP contribution in [0, 0.1) is 5.41 Å². The molecular weight excluding hydrogens is 308 g/mol. The van der Waals surface area contributed by atoms with Crippen molar-refractivity contribution in [3.8, 4) is 5.75 Å². The molecule has 0 N–H and O–H groups in total. The van der Waals surface area contributed by atoms with E-state index >= 15 is 0 Å². The van der Waals surface area contributed by atoms with Crippen LogP contribution in [0.3, 0.4) is 0 Å². The van der Waals surface area contributed by atoms with E-state index in [2.05, 4.69) is 52.0 Å². The summed E-state index contributed by atoms with van der Waals surface area (Å²) in [4.78, 5) is 0. The maximum atomic E-state index is 6.43. The van der Waals surface area contributed by atoms with Crippen LogP contribution in [0.2, 0.25) is 0 Å². The number of methoxy groups -OCH3 is 1. The molecule has 0 spiro atoms. The van der Waals surface area contributed by atoms with Crippen molar-refractivity contribution < 1.29 is 9.15 Å². The number of rotatable bonds is 1. The van der Waals surface area contributed by atoms with E-state index in [4.69, 9.17) is 9.15 Å². The van der Waals surface area contributed by atoms with Crippen LogP contribution < -0.4 is 4.74 Å². The summed E-state index contributed by atoms with van der Waals surface area (Å²) in [5.74, 6) is 2.02. The van der Waals surface area contributed by atoms with Gasteiger partial charge in [0.25, 0.3) is 0 Å². The molecule has 0 aliphatic heterocycles. The summed E-state index contributed by atoms with van der Waals surface area (Å²) in [6, 6.07) is 6.19. The highest BCUT2D eigenvalue weighted by molar-refractivity contribution is 5.95. The molecule has 132 valence electrons. The zero-order valence-corrected chi connectivity index (χ0v) is 16.0. The van der Waals surface area contributed by atoms with Crippen LogP contribution in [-0.4, -0.2) is 7.11 Å². The first-order valence-electron chi connectivity index (χ1n) is 9.35. The van der Waals surface area contributed by atoms with E-state index in [1.807, 2.05) is 6.07 Å². The van der Waals surface area contributed by atoms with E-state index in [9.17, 15) is 0 Å². The number of hydrogen-bond acceptors (Lipinski definition) is 2. The smallest absolute Gasteiger partial charge is 0.135 e. The summed E-state index contributed by atoms with van der Waals surface area (Å²) in [7, 11) is 1.73. The highest BCUT2D eigenvalue weighted by atomic mass is 16.5. The van der Waals surface area contributed by atoms with E-state index in [1.165, 1.54) is 34.9 Å². The second-order valence-corrected chi connectivity index (χ2v) is 8.79. The van der Waals surface area contributed by atoms with Gasteiger partial charge >= 0.3 is 0 Å². The monoisotopic (exact) mass is 336 g/mol. The van der Waals surface area contributed by atoms with Crippen molar-refractivity contribution in [1.82, 2.24) is 0 Å². The lowest BCUT2D eigenvalue weighted by atomic mass is 9.68. The predicted octanol–water partition coefficient (Wildman–Crippen LogP) is 6.64. The van der Waals surface area contributed by atoms with Gasteiger partial charge in [-0.1, -0.05) is 39.8 Å². The van der Waals surface area contributed by atoms with Gasteiger partial charge in [-0.25, -0.2) is 0 Å². The molecule has 2 nitrogen and oxygen atoms in total. The number of hydrogen-bond donors (Lipinski definition) is 0. The summed E-state index contributed by atoms with van der Waals surface area (Å²) in [6.07, 6.45) is 9.32. The van der Waals surface area contributed by atoms with Crippen molar-refractivity contribution in [3.63, 3.8) is 0 Å². The average Bonchev–Trinajstić information content (AvgIpc) is 2.93. The van der Waals surface area contributed by atoms with Gasteiger partial charge in [0, 0.05) is 16.4 Å². The maximum absolute atomic E-state index is 6.43. The molecule has 0 saturated carbocycles. The Morgan fingerprint density at radius 3 is 2.64 bits per heavy atom. The van der Waals surface area contributed by atoms with Gasteiger partial charge in [-0.2, -0.15) is 0 Å². The number of ether oxygens (including phenoxy) is 1. The average molecular weight is 336 g/mol. The molecule has 2 aliphatic carbocycles. The third kappa shape index (κ3) is 2.54. The van der Waals surface area contributed by atoms with E-state index in [-0.39, 0.29) is 10.8 Å². The quantitative estimate of drug-likeness (QED) is 0.582. The van der Waals surface area contributed by atoms with Crippen molar-refractivity contribution in [1.29, 1.82) is 0 Å². The minimum atomic E-state index is -0.0157. The summed E-state index contributed by atoms with van der Waals surface area (Å²) in [5.41, 5.74) is 5.45. The largest absolute Gasteiger partial charge is 0.497 e. The number of allylic oxidation sites excluding steroid dienone is 4. The fourth-order valence-corrected chi connectivity index (χ4v) is 4.51. The predicted molar refractivity (Wildman–Crippen MR) is 104 cm³/mol. The lowest BCUT2D eigenvalue weighted by molar-refractivity contribution is 0.380. The zero-order chi connectivity index (χ0) is 17.8. The van der Waals surface area contributed by atoms with E-state index in [1.54, 1.807) is 7.11 Å². The van der Waals surface area contributed by atoms with Gasteiger partial charge in [0.2, 0.25) is 0 Å². The topological polar surface area (TPSA) is 22.4 Å². The molecule has 2 aromatic rings. The van der Waals surface area contributed by atoms with Crippen LogP contribution in [0.15, 0.2) is 40.3 Å². The summed E-state index contributed by atoms with van der Waals surface area (Å²) in [5, 5.41) is 1.20.